The van der Waals surface area contributed by atoms with Crippen LogP contribution in [0.3, 0.4) is 0 Å². The lowest BCUT2D eigenvalue weighted by molar-refractivity contribution is -0.274. The van der Waals surface area contributed by atoms with Gasteiger partial charge in [0.25, 0.3) is 0 Å². The molecule has 0 bridgehead atoms. The van der Waals surface area contributed by atoms with Crippen molar-refractivity contribution in [3.05, 3.63) is 54.1 Å². The summed E-state index contributed by atoms with van der Waals surface area (Å²) < 4.78 is 42.7. The third-order valence-corrected chi connectivity index (χ3v) is 4.03. The number of alkyl halides is 3. The lowest BCUT2D eigenvalue weighted by Crippen LogP contribution is -2.19. The number of imidazole rings is 1. The van der Waals surface area contributed by atoms with Crippen molar-refractivity contribution in [3.63, 3.8) is 0 Å². The van der Waals surface area contributed by atoms with E-state index in [0.717, 1.165) is 35.6 Å². The summed E-state index contributed by atoms with van der Waals surface area (Å²) in [5.41, 5.74) is 2.76. The molecule has 0 unspecified atom stereocenters. The molecule has 0 aliphatic heterocycles. The van der Waals surface area contributed by atoms with Crippen molar-refractivity contribution >= 4 is 17.0 Å². The predicted octanol–water partition coefficient (Wildman–Crippen LogP) is 4.11. The highest BCUT2D eigenvalue weighted by Crippen LogP contribution is 2.24. The third kappa shape index (κ3) is 5.13. The van der Waals surface area contributed by atoms with E-state index in [2.05, 4.69) is 24.5 Å². The van der Waals surface area contributed by atoms with E-state index < -0.39 is 6.36 Å². The van der Waals surface area contributed by atoms with Gasteiger partial charge in [0.15, 0.2) is 0 Å². The first-order valence-electron chi connectivity index (χ1n) is 8.50. The fourth-order valence-corrected chi connectivity index (χ4v) is 2.73. The van der Waals surface area contributed by atoms with Crippen LogP contribution in [0, 0.1) is 0 Å². The fraction of sp³-hybridized carbons (Fsp3) is 0.316. The molecular weight excluding hydrogens is 357 g/mol. The van der Waals surface area contributed by atoms with E-state index in [1.54, 1.807) is 12.1 Å². The summed E-state index contributed by atoms with van der Waals surface area (Å²) in [6.45, 7) is 2.07. The van der Waals surface area contributed by atoms with Gasteiger partial charge in [-0.25, -0.2) is 4.98 Å². The summed E-state index contributed by atoms with van der Waals surface area (Å²) >= 11 is 0. The number of nitrogens with zero attached hydrogens (tertiary/aromatic N) is 3. The summed E-state index contributed by atoms with van der Waals surface area (Å²) in [6.07, 6.45) is -4.68. The Bertz CT molecular complexity index is 888. The molecule has 27 heavy (non-hydrogen) atoms. The number of hydrogen-bond donors (Lipinski definition) is 1. The van der Waals surface area contributed by atoms with Crippen LogP contribution in [-0.4, -0.2) is 41.5 Å². The third-order valence-electron chi connectivity index (χ3n) is 4.03. The number of ether oxygens (including phenoxy) is 1. The molecule has 0 amide bonds. The number of fused-ring (bicyclic) bond motifs is 1. The van der Waals surface area contributed by atoms with Crippen molar-refractivity contribution in [2.24, 2.45) is 0 Å². The van der Waals surface area contributed by atoms with Gasteiger partial charge >= 0.3 is 6.36 Å². The van der Waals surface area contributed by atoms with Gasteiger partial charge in [-0.05, 0) is 43.9 Å². The van der Waals surface area contributed by atoms with Gasteiger partial charge in [0, 0.05) is 19.6 Å². The fourth-order valence-electron chi connectivity index (χ4n) is 2.73. The van der Waals surface area contributed by atoms with Crippen LogP contribution >= 0.6 is 0 Å². The second kappa shape index (κ2) is 7.87. The minimum atomic E-state index is -4.68. The first-order valence-corrected chi connectivity index (χ1v) is 8.50. The minimum absolute atomic E-state index is 0.232. The van der Waals surface area contributed by atoms with E-state index in [4.69, 9.17) is 0 Å². The number of nitrogens with one attached hydrogen (secondary N) is 1. The summed E-state index contributed by atoms with van der Waals surface area (Å²) in [4.78, 5) is 6.73. The molecule has 2 aromatic carbocycles. The van der Waals surface area contributed by atoms with Crippen LogP contribution in [0.5, 0.6) is 5.75 Å². The molecule has 0 saturated heterocycles. The van der Waals surface area contributed by atoms with Crippen molar-refractivity contribution in [2.75, 3.05) is 26.0 Å². The molecule has 1 N–H and O–H groups in total. The van der Waals surface area contributed by atoms with E-state index in [9.17, 15) is 13.2 Å². The Morgan fingerprint density at radius 1 is 1.07 bits per heavy atom. The van der Waals surface area contributed by atoms with Crippen molar-refractivity contribution in [1.29, 1.82) is 0 Å². The highest BCUT2D eigenvalue weighted by molar-refractivity contribution is 5.78. The maximum atomic E-state index is 12.2. The Morgan fingerprint density at radius 3 is 2.44 bits per heavy atom. The van der Waals surface area contributed by atoms with Crippen LogP contribution in [0.1, 0.15) is 5.56 Å². The monoisotopic (exact) mass is 378 g/mol. The van der Waals surface area contributed by atoms with Crippen LogP contribution < -0.4 is 10.1 Å². The first kappa shape index (κ1) is 19.0. The second-order valence-electron chi connectivity index (χ2n) is 6.42. The van der Waals surface area contributed by atoms with Crippen LogP contribution in [0.4, 0.5) is 19.1 Å². The van der Waals surface area contributed by atoms with E-state index in [1.165, 1.54) is 12.1 Å². The SMILES string of the molecule is CN(C)CCn1c(NCc2ccc(OC(F)(F)F)cc2)nc2ccccc21. The summed E-state index contributed by atoms with van der Waals surface area (Å²) in [7, 11) is 4.02. The second-order valence-corrected chi connectivity index (χ2v) is 6.42. The highest BCUT2D eigenvalue weighted by atomic mass is 19.4. The molecule has 1 heterocycles. The number of anilines is 1. The minimum Gasteiger partial charge on any atom is -0.406 e. The molecule has 3 rings (SSSR count). The van der Waals surface area contributed by atoms with Gasteiger partial charge < -0.3 is 19.5 Å². The Kier molecular flexibility index (Phi) is 5.55. The first-order chi connectivity index (χ1) is 12.8. The van der Waals surface area contributed by atoms with Gasteiger partial charge in [-0.15, -0.1) is 13.2 Å². The summed E-state index contributed by atoms with van der Waals surface area (Å²) in [6, 6.07) is 13.7. The largest absolute Gasteiger partial charge is 0.573 e. The Morgan fingerprint density at radius 2 is 1.78 bits per heavy atom. The molecule has 0 spiro atoms. The average molecular weight is 378 g/mol. The zero-order valence-electron chi connectivity index (χ0n) is 15.1. The molecule has 8 heteroatoms. The van der Waals surface area contributed by atoms with E-state index in [0.29, 0.717) is 6.54 Å². The molecule has 3 aromatic rings. The van der Waals surface area contributed by atoms with E-state index >= 15 is 0 Å². The van der Waals surface area contributed by atoms with Gasteiger partial charge in [0.05, 0.1) is 11.0 Å². The van der Waals surface area contributed by atoms with Gasteiger partial charge in [-0.3, -0.25) is 0 Å². The molecule has 1 aromatic heterocycles. The lowest BCUT2D eigenvalue weighted by atomic mass is 10.2. The average Bonchev–Trinajstić information content (AvgIpc) is 2.95. The molecule has 144 valence electrons. The molecule has 0 radical (unpaired) electrons. The normalized spacial score (nSPS) is 11.9. The van der Waals surface area contributed by atoms with Crippen molar-refractivity contribution in [1.82, 2.24) is 14.5 Å². The summed E-state index contributed by atoms with van der Waals surface area (Å²) in [5.74, 6) is 0.498. The predicted molar refractivity (Wildman–Crippen MR) is 98.7 cm³/mol. The van der Waals surface area contributed by atoms with E-state index in [1.807, 2.05) is 38.4 Å². The van der Waals surface area contributed by atoms with E-state index in [-0.39, 0.29) is 5.75 Å². The maximum Gasteiger partial charge on any atom is 0.573 e. The molecule has 0 atom stereocenters. The quantitative estimate of drug-likeness (QED) is 0.672. The van der Waals surface area contributed by atoms with Crippen molar-refractivity contribution < 1.29 is 17.9 Å². The standard InChI is InChI=1S/C19H21F3N4O/c1-25(2)11-12-26-17-6-4-3-5-16(17)24-18(26)23-13-14-7-9-15(10-8-14)27-19(20,21)22/h3-10H,11-13H2,1-2H3,(H,23,24). The molecular formula is C19H21F3N4O. The number of halogens is 3. The molecule has 0 saturated carbocycles. The van der Waals surface area contributed by atoms with Gasteiger partial charge in [-0.2, -0.15) is 0 Å². The molecule has 5 nitrogen and oxygen atoms in total. The van der Waals surface area contributed by atoms with Crippen LogP contribution in [0.15, 0.2) is 48.5 Å². The smallest absolute Gasteiger partial charge is 0.406 e. The van der Waals surface area contributed by atoms with Crippen LogP contribution in [0.2, 0.25) is 0 Å². The van der Waals surface area contributed by atoms with Crippen molar-refractivity contribution in [3.8, 4) is 5.75 Å². The Hall–Kier alpha value is -2.74. The zero-order chi connectivity index (χ0) is 19.4. The Balaban J connectivity index is 1.73. The van der Waals surface area contributed by atoms with Gasteiger partial charge in [0.1, 0.15) is 5.75 Å². The topological polar surface area (TPSA) is 42.3 Å². The van der Waals surface area contributed by atoms with Crippen LogP contribution in [-0.2, 0) is 13.1 Å². The van der Waals surface area contributed by atoms with Gasteiger partial charge in [-0.1, -0.05) is 24.3 Å². The number of rotatable bonds is 7. The summed E-state index contributed by atoms with van der Waals surface area (Å²) in [5, 5.41) is 3.28. The number of hydrogen-bond acceptors (Lipinski definition) is 4. The number of benzene rings is 2. The van der Waals surface area contributed by atoms with Crippen LogP contribution in [0.25, 0.3) is 11.0 Å². The lowest BCUT2D eigenvalue weighted by Gasteiger charge is -2.14. The van der Waals surface area contributed by atoms with Gasteiger partial charge in [0.2, 0.25) is 5.95 Å². The number of aromatic nitrogens is 2. The molecule has 0 aliphatic carbocycles. The zero-order valence-corrected chi connectivity index (χ0v) is 15.1. The maximum absolute atomic E-state index is 12.2. The molecule has 0 fully saturated rings. The van der Waals surface area contributed by atoms with Crippen molar-refractivity contribution in [2.45, 2.75) is 19.5 Å². The Labute approximate surface area is 155 Å². The number of para-hydroxylation sites is 2. The molecule has 0 aliphatic rings. The highest BCUT2D eigenvalue weighted by Gasteiger charge is 2.30. The number of likely N-dealkylation sites (N-methyl/N-ethyl adjacent to an activating group) is 1.